The van der Waals surface area contributed by atoms with E-state index in [1.54, 1.807) is 39.2 Å². The van der Waals surface area contributed by atoms with E-state index in [-0.39, 0.29) is 30.6 Å². The summed E-state index contributed by atoms with van der Waals surface area (Å²) in [6.07, 6.45) is 10.8. The Morgan fingerprint density at radius 1 is 0.959 bits per heavy atom. The molecule has 0 radical (unpaired) electrons. The van der Waals surface area contributed by atoms with Gasteiger partial charge in [0.05, 0.1) is 29.8 Å². The van der Waals surface area contributed by atoms with Crippen molar-refractivity contribution in [2.24, 2.45) is 29.4 Å². The van der Waals surface area contributed by atoms with Gasteiger partial charge in [0, 0.05) is 25.7 Å². The second-order valence-electron chi connectivity index (χ2n) is 14.4. The Morgan fingerprint density at radius 2 is 1.57 bits per heavy atom. The largest absolute Gasteiger partial charge is 0.505 e. The molecule has 0 aromatic heterocycles. The second kappa shape index (κ2) is 15.9. The number of carbonyl (C=O) groups excluding carboxylic acids is 6. The summed E-state index contributed by atoms with van der Waals surface area (Å²) in [6, 6.07) is 0.407. The number of nitrogens with zero attached hydrogens (tertiary/aromatic N) is 2. The fraction of sp³-hybridized carbons (Fsp3) is 0.667. The number of hydrogen-bond donors (Lipinski definition) is 5. The molecule has 0 heterocycles. The third kappa shape index (κ3) is 7.44. The molecular formula is C36H53N5O8. The van der Waals surface area contributed by atoms with E-state index in [0.29, 0.717) is 17.8 Å². The Bertz CT molecular complexity index is 1480. The van der Waals surface area contributed by atoms with E-state index in [0.717, 1.165) is 19.3 Å². The Labute approximate surface area is 288 Å². The molecule has 2 amide bonds. The number of rotatable bonds is 16. The fourth-order valence-electron chi connectivity index (χ4n) is 8.10. The van der Waals surface area contributed by atoms with E-state index in [1.807, 2.05) is 0 Å². The molecule has 49 heavy (non-hydrogen) atoms. The zero-order valence-corrected chi connectivity index (χ0v) is 29.5. The van der Waals surface area contributed by atoms with Crippen LogP contribution in [0.25, 0.3) is 0 Å². The van der Waals surface area contributed by atoms with Crippen LogP contribution >= 0.6 is 0 Å². The van der Waals surface area contributed by atoms with Gasteiger partial charge >= 0.3 is 0 Å². The Hall–Kier alpha value is -3.68. The van der Waals surface area contributed by atoms with Crippen molar-refractivity contribution >= 4 is 46.3 Å². The van der Waals surface area contributed by atoms with Crippen molar-refractivity contribution in [3.8, 4) is 5.75 Å². The van der Waals surface area contributed by atoms with Crippen LogP contribution in [0.15, 0.2) is 6.07 Å². The van der Waals surface area contributed by atoms with E-state index in [2.05, 4.69) is 17.6 Å². The Morgan fingerprint density at radius 3 is 2.14 bits per heavy atom. The van der Waals surface area contributed by atoms with Crippen molar-refractivity contribution < 1.29 is 39.0 Å². The molecule has 13 heteroatoms. The fourth-order valence-corrected chi connectivity index (χ4v) is 8.10. The van der Waals surface area contributed by atoms with Crippen LogP contribution in [0, 0.1) is 23.7 Å². The molecule has 1 aromatic rings. The van der Waals surface area contributed by atoms with Crippen LogP contribution in [0.1, 0.15) is 87.1 Å². The van der Waals surface area contributed by atoms with Crippen LogP contribution in [0.4, 0.5) is 11.4 Å². The topological polar surface area (TPSA) is 199 Å². The molecule has 3 aliphatic carbocycles. The van der Waals surface area contributed by atoms with Gasteiger partial charge in [0.1, 0.15) is 5.75 Å². The Kier molecular flexibility index (Phi) is 12.4. The van der Waals surface area contributed by atoms with Gasteiger partial charge < -0.3 is 31.5 Å². The predicted molar refractivity (Wildman–Crippen MR) is 184 cm³/mol. The third-order valence-corrected chi connectivity index (χ3v) is 10.5. The summed E-state index contributed by atoms with van der Waals surface area (Å²) in [5, 5.41) is 29.0. The maximum Gasteiger partial charge on any atom is 0.238 e. The lowest BCUT2D eigenvalue weighted by atomic mass is 9.52. The van der Waals surface area contributed by atoms with Gasteiger partial charge in [0.2, 0.25) is 11.8 Å². The van der Waals surface area contributed by atoms with Gasteiger partial charge in [-0.1, -0.05) is 58.3 Å². The van der Waals surface area contributed by atoms with Crippen LogP contribution in [-0.4, -0.2) is 103 Å². The highest BCUT2D eigenvalue weighted by Crippen LogP contribution is 2.52. The number of ketones is 4. The van der Waals surface area contributed by atoms with Crippen LogP contribution in [0.2, 0.25) is 0 Å². The molecule has 0 spiro atoms. The SMILES string of the molecule is CCCCCCCCCCCNCC(=O)Nc1cc(N(C)C)c2c(c1O)C(=O)C1C(=O)[C@]3(O)C(=O)C(C(N)=O)C(=O)[C@@H](N(C)C)C3CC1C2. The van der Waals surface area contributed by atoms with Gasteiger partial charge in [-0.3, -0.25) is 33.7 Å². The second-order valence-corrected chi connectivity index (χ2v) is 14.4. The predicted octanol–water partition coefficient (Wildman–Crippen LogP) is 1.99. The summed E-state index contributed by atoms with van der Waals surface area (Å²) < 4.78 is 0. The number of benzene rings is 1. The molecule has 4 unspecified atom stereocenters. The molecule has 1 aromatic carbocycles. The first kappa shape index (κ1) is 38.1. The molecule has 6 atom stereocenters. The maximum absolute atomic E-state index is 14.2. The monoisotopic (exact) mass is 683 g/mol. The summed E-state index contributed by atoms with van der Waals surface area (Å²) in [6.45, 7) is 2.86. The van der Waals surface area contributed by atoms with E-state index < -0.39 is 76.0 Å². The van der Waals surface area contributed by atoms with Crippen molar-refractivity contribution in [2.45, 2.75) is 89.2 Å². The van der Waals surface area contributed by atoms with Crippen molar-refractivity contribution in [2.75, 3.05) is 51.5 Å². The number of aromatic hydroxyl groups is 1. The van der Waals surface area contributed by atoms with Gasteiger partial charge in [-0.05, 0) is 57.5 Å². The van der Waals surface area contributed by atoms with Crippen LogP contribution in [0.3, 0.4) is 0 Å². The molecule has 0 aliphatic heterocycles. The highest BCUT2D eigenvalue weighted by Gasteiger charge is 2.69. The third-order valence-electron chi connectivity index (χ3n) is 10.5. The number of likely N-dealkylation sites (N-methyl/N-ethyl adjacent to an activating group) is 1. The standard InChI is InChI=1S/C36H53N5O8/c1-6-7-8-9-10-11-12-13-14-15-38-19-25(42)39-23-18-24(40(2)3)21-16-20-17-22-29(41(4)5)32(45)28(35(37)48)34(47)36(22,49)33(46)26(20)31(44)27(21)30(23)43/h18,20,22,26,28-29,38,43,49H,6-17,19H2,1-5H3,(H2,37,48)(H,39,42)/t20?,22?,26?,28?,29-,36-/m0/s1. The number of Topliss-reactive ketones (excluding diaryl/α,β-unsaturated/α-hetero) is 4. The number of hydrogen-bond acceptors (Lipinski definition) is 11. The summed E-state index contributed by atoms with van der Waals surface area (Å²) in [7, 11) is 6.58. The van der Waals surface area contributed by atoms with Crippen LogP contribution < -0.4 is 21.3 Å². The van der Waals surface area contributed by atoms with E-state index >= 15 is 0 Å². The zero-order valence-electron chi connectivity index (χ0n) is 29.5. The quantitative estimate of drug-likeness (QED) is 0.0970. The van der Waals surface area contributed by atoms with Gasteiger partial charge in [-0.25, -0.2) is 0 Å². The molecular weight excluding hydrogens is 630 g/mol. The van der Waals surface area contributed by atoms with Gasteiger partial charge in [0.25, 0.3) is 0 Å². The summed E-state index contributed by atoms with van der Waals surface area (Å²) in [5.74, 6) is -11.7. The van der Waals surface area contributed by atoms with Crippen molar-refractivity contribution in [3.05, 3.63) is 17.2 Å². The molecule has 270 valence electrons. The minimum atomic E-state index is -2.80. The first-order valence-electron chi connectivity index (χ1n) is 17.6. The lowest BCUT2D eigenvalue weighted by Crippen LogP contribution is -2.74. The van der Waals surface area contributed by atoms with Crippen molar-refractivity contribution in [3.63, 3.8) is 0 Å². The highest BCUT2D eigenvalue weighted by molar-refractivity contribution is 6.32. The number of phenols is 1. The Balaban J connectivity index is 1.52. The van der Waals surface area contributed by atoms with Crippen molar-refractivity contribution in [1.82, 2.24) is 10.2 Å². The maximum atomic E-state index is 14.2. The average Bonchev–Trinajstić information content (AvgIpc) is 3.02. The van der Waals surface area contributed by atoms with Gasteiger partial charge in [0.15, 0.2) is 34.7 Å². The minimum Gasteiger partial charge on any atom is -0.505 e. The number of phenolic OH excluding ortho intramolecular Hbond substituents is 1. The number of aliphatic hydroxyl groups is 1. The summed E-state index contributed by atoms with van der Waals surface area (Å²) in [5.41, 5.74) is 3.41. The number of nitrogens with two attached hydrogens (primary N) is 1. The number of anilines is 2. The lowest BCUT2D eigenvalue weighted by Gasteiger charge is -2.52. The zero-order chi connectivity index (χ0) is 36.2. The number of nitrogens with one attached hydrogen (secondary N) is 2. The van der Waals surface area contributed by atoms with E-state index in [1.165, 1.54) is 43.4 Å². The molecule has 6 N–H and O–H groups in total. The number of primary amides is 1. The van der Waals surface area contributed by atoms with Gasteiger partial charge in [-0.2, -0.15) is 0 Å². The minimum absolute atomic E-state index is 0.00864. The van der Waals surface area contributed by atoms with Gasteiger partial charge in [-0.15, -0.1) is 0 Å². The molecule has 13 nitrogen and oxygen atoms in total. The smallest absolute Gasteiger partial charge is 0.238 e. The first-order valence-corrected chi connectivity index (χ1v) is 17.6. The number of fused-ring (bicyclic) bond motifs is 3. The van der Waals surface area contributed by atoms with Crippen LogP contribution in [0.5, 0.6) is 5.75 Å². The molecule has 4 rings (SSSR count). The number of amides is 2. The summed E-state index contributed by atoms with van der Waals surface area (Å²) in [4.78, 5) is 83.4. The van der Waals surface area contributed by atoms with Crippen molar-refractivity contribution in [1.29, 1.82) is 0 Å². The average molecular weight is 684 g/mol. The molecule has 3 aliphatic rings. The molecule has 0 bridgehead atoms. The highest BCUT2D eigenvalue weighted by atomic mass is 16.3. The summed E-state index contributed by atoms with van der Waals surface area (Å²) >= 11 is 0. The lowest BCUT2D eigenvalue weighted by molar-refractivity contribution is -0.181. The van der Waals surface area contributed by atoms with Crippen LogP contribution in [-0.2, 0) is 30.4 Å². The van der Waals surface area contributed by atoms with E-state index in [9.17, 15) is 39.0 Å². The first-order chi connectivity index (χ1) is 23.2. The molecule has 2 fully saturated rings. The normalized spacial score (nSPS) is 26.3. The molecule has 0 saturated heterocycles. The van der Waals surface area contributed by atoms with E-state index in [4.69, 9.17) is 5.73 Å². The number of carbonyl (C=O) groups is 6. The molecule has 2 saturated carbocycles. The number of unbranched alkanes of at least 4 members (excludes halogenated alkanes) is 8.